The molecule has 3 aromatic carbocycles. The van der Waals surface area contributed by atoms with E-state index >= 15 is 0 Å². The number of pyridine rings is 1. The van der Waals surface area contributed by atoms with Gasteiger partial charge in [-0.1, -0.05) is 24.3 Å². The van der Waals surface area contributed by atoms with Crippen molar-refractivity contribution < 1.29 is 23.5 Å². The number of nitrogens with one attached hydrogen (secondary N) is 2. The number of rotatable bonds is 6. The number of fused-ring (bicyclic) bond motifs is 1. The fourth-order valence-corrected chi connectivity index (χ4v) is 4.06. The van der Waals surface area contributed by atoms with E-state index in [2.05, 4.69) is 15.6 Å². The van der Waals surface area contributed by atoms with E-state index in [1.54, 1.807) is 60.7 Å². The number of aromatic nitrogens is 1. The number of carbonyl (C=O) groups is 3. The molecule has 5 rings (SSSR count). The fraction of sp³-hybridized carbons (Fsp3) is 0.0714. The number of hydrogen-bond donors (Lipinski definition) is 3. The van der Waals surface area contributed by atoms with Gasteiger partial charge in [0.1, 0.15) is 6.61 Å². The summed E-state index contributed by atoms with van der Waals surface area (Å²) in [4.78, 5) is 41.3. The summed E-state index contributed by atoms with van der Waals surface area (Å²) >= 11 is 0. The summed E-state index contributed by atoms with van der Waals surface area (Å²) in [6, 6.07) is 18.3. The lowest BCUT2D eigenvalue weighted by Gasteiger charge is -2.13. The minimum atomic E-state index is -0.645. The number of hydrogen-bond acceptors (Lipinski definition) is 6. The molecule has 0 unspecified atom stereocenters. The predicted octanol–water partition coefficient (Wildman–Crippen LogP) is 4.52. The van der Waals surface area contributed by atoms with Crippen LogP contribution in [0.25, 0.3) is 11.1 Å². The Kier molecular flexibility index (Phi) is 6.44. The molecule has 2 amide bonds. The Morgan fingerprint density at radius 2 is 1.76 bits per heavy atom. The molecule has 0 bridgehead atoms. The number of amides is 2. The number of ether oxygens (including phenoxy) is 1. The van der Waals surface area contributed by atoms with Crippen molar-refractivity contribution in [2.45, 2.75) is 13.2 Å². The van der Waals surface area contributed by atoms with Gasteiger partial charge in [0.15, 0.2) is 5.82 Å². The molecule has 1 aliphatic heterocycles. The summed E-state index contributed by atoms with van der Waals surface area (Å²) in [5.41, 5.74) is 10.4. The predicted molar refractivity (Wildman–Crippen MR) is 135 cm³/mol. The van der Waals surface area contributed by atoms with Crippen LogP contribution in [-0.2, 0) is 17.9 Å². The largest absolute Gasteiger partial charge is 0.457 e. The molecule has 0 spiro atoms. The first-order valence-electron chi connectivity index (χ1n) is 11.4. The van der Waals surface area contributed by atoms with Gasteiger partial charge in [0.05, 0.1) is 17.4 Å². The van der Waals surface area contributed by atoms with E-state index in [0.717, 1.165) is 17.3 Å². The molecule has 0 fully saturated rings. The molecule has 8 nitrogen and oxygen atoms in total. The molecule has 0 aliphatic carbocycles. The third-order valence-corrected chi connectivity index (χ3v) is 5.99. The van der Waals surface area contributed by atoms with E-state index in [1.165, 1.54) is 12.3 Å². The van der Waals surface area contributed by atoms with Crippen LogP contribution in [0.2, 0.25) is 0 Å². The molecule has 4 aromatic rings. The Hall–Kier alpha value is -4.89. The minimum Gasteiger partial charge on any atom is -0.457 e. The van der Waals surface area contributed by atoms with Crippen LogP contribution >= 0.6 is 0 Å². The Morgan fingerprint density at radius 3 is 2.57 bits per heavy atom. The van der Waals surface area contributed by atoms with Gasteiger partial charge >= 0.3 is 5.97 Å². The summed E-state index contributed by atoms with van der Waals surface area (Å²) in [6.07, 6.45) is 2.40. The van der Waals surface area contributed by atoms with Gasteiger partial charge in [0.2, 0.25) is 0 Å². The molecule has 1 aliphatic rings. The topological polar surface area (TPSA) is 123 Å². The van der Waals surface area contributed by atoms with E-state index in [9.17, 15) is 18.8 Å². The summed E-state index contributed by atoms with van der Waals surface area (Å²) < 4.78 is 18.9. The molecule has 184 valence electrons. The number of carbonyl (C=O) groups excluding carboxylic acids is 3. The van der Waals surface area contributed by atoms with Gasteiger partial charge in [0, 0.05) is 35.1 Å². The lowest BCUT2D eigenvalue weighted by Crippen LogP contribution is -2.14. The first-order valence-corrected chi connectivity index (χ1v) is 11.4. The number of esters is 1. The van der Waals surface area contributed by atoms with Gasteiger partial charge in [-0.25, -0.2) is 9.18 Å². The molecular weight excluding hydrogens is 475 g/mol. The van der Waals surface area contributed by atoms with Gasteiger partial charge in [-0.2, -0.15) is 0 Å². The summed E-state index contributed by atoms with van der Waals surface area (Å²) in [5.74, 6) is -1.94. The van der Waals surface area contributed by atoms with Crippen molar-refractivity contribution in [1.82, 2.24) is 4.98 Å². The minimum absolute atomic E-state index is 0.0166. The van der Waals surface area contributed by atoms with E-state index in [1.807, 2.05) is 0 Å². The van der Waals surface area contributed by atoms with Crippen LogP contribution in [0, 0.1) is 5.82 Å². The maximum atomic E-state index is 13.9. The van der Waals surface area contributed by atoms with Gasteiger partial charge in [-0.15, -0.1) is 0 Å². The molecule has 0 saturated carbocycles. The summed E-state index contributed by atoms with van der Waals surface area (Å²) in [6.45, 7) is 0.431. The fourth-order valence-electron chi connectivity index (χ4n) is 4.06. The van der Waals surface area contributed by atoms with Crippen LogP contribution in [0.4, 0.5) is 15.8 Å². The average Bonchev–Trinajstić information content (AvgIpc) is 3.29. The lowest BCUT2D eigenvalue weighted by atomic mass is 9.95. The van der Waals surface area contributed by atoms with Crippen molar-refractivity contribution in [2.75, 3.05) is 10.6 Å². The van der Waals surface area contributed by atoms with E-state index < -0.39 is 17.7 Å². The Labute approximate surface area is 211 Å². The number of cyclic esters (lactones) is 1. The van der Waals surface area contributed by atoms with Crippen molar-refractivity contribution in [3.63, 3.8) is 0 Å². The Morgan fingerprint density at radius 1 is 0.946 bits per heavy atom. The van der Waals surface area contributed by atoms with Crippen molar-refractivity contribution in [2.24, 2.45) is 5.73 Å². The first-order chi connectivity index (χ1) is 17.9. The second-order valence-electron chi connectivity index (χ2n) is 8.37. The number of nitrogens with two attached hydrogens (primary N) is 1. The summed E-state index contributed by atoms with van der Waals surface area (Å²) in [5, 5.41) is 5.34. The Bertz CT molecular complexity index is 1550. The van der Waals surface area contributed by atoms with Crippen LogP contribution < -0.4 is 16.4 Å². The van der Waals surface area contributed by atoms with Crippen LogP contribution in [0.5, 0.6) is 0 Å². The molecule has 2 heterocycles. The number of nitrogens with zero attached hydrogens (tertiary/aromatic N) is 1. The molecule has 9 heteroatoms. The molecule has 4 N–H and O–H groups in total. The van der Waals surface area contributed by atoms with Crippen LogP contribution in [0.15, 0.2) is 79.1 Å². The van der Waals surface area contributed by atoms with Gasteiger partial charge in [0.25, 0.3) is 11.8 Å². The molecule has 0 saturated heterocycles. The molecule has 0 atom stereocenters. The highest BCUT2D eigenvalue weighted by Gasteiger charge is 2.22. The SMILES string of the molecule is NCc1ccc(C(=O)Nc2ccncc2F)cc1-c1cccc(C(=O)Nc2ccc3c(c2)C(=O)OC3)c1. The van der Waals surface area contributed by atoms with Crippen LogP contribution in [0.3, 0.4) is 0 Å². The Balaban J connectivity index is 1.41. The van der Waals surface area contributed by atoms with Gasteiger partial charge in [-0.3, -0.25) is 14.6 Å². The zero-order valence-corrected chi connectivity index (χ0v) is 19.5. The van der Waals surface area contributed by atoms with Crippen LogP contribution in [0.1, 0.15) is 42.2 Å². The van der Waals surface area contributed by atoms with Crippen molar-refractivity contribution in [3.05, 3.63) is 113 Å². The standard InChI is InChI=1S/C28H21FN4O4/c29-24-14-31-9-8-25(24)33-27(35)18-4-5-19(13-30)22(11-18)16-2-1-3-17(10-16)26(34)32-21-7-6-20-15-37-28(36)23(20)12-21/h1-12,14H,13,15,30H2,(H,32,34)(H,31,33,35). The zero-order valence-electron chi connectivity index (χ0n) is 19.5. The maximum Gasteiger partial charge on any atom is 0.338 e. The third-order valence-electron chi connectivity index (χ3n) is 5.99. The van der Waals surface area contributed by atoms with Crippen molar-refractivity contribution in [1.29, 1.82) is 0 Å². The van der Waals surface area contributed by atoms with Crippen molar-refractivity contribution >= 4 is 29.2 Å². The van der Waals surface area contributed by atoms with Gasteiger partial charge in [-0.05, 0) is 59.2 Å². The molecule has 37 heavy (non-hydrogen) atoms. The molecule has 0 radical (unpaired) electrons. The summed E-state index contributed by atoms with van der Waals surface area (Å²) in [7, 11) is 0. The van der Waals surface area contributed by atoms with Crippen molar-refractivity contribution in [3.8, 4) is 11.1 Å². The molecular formula is C28H21FN4O4. The average molecular weight is 496 g/mol. The quantitative estimate of drug-likeness (QED) is 0.337. The van der Waals surface area contributed by atoms with Gasteiger partial charge < -0.3 is 21.1 Å². The highest BCUT2D eigenvalue weighted by atomic mass is 19.1. The zero-order chi connectivity index (χ0) is 25.9. The first kappa shape index (κ1) is 23.8. The lowest BCUT2D eigenvalue weighted by molar-refractivity contribution is 0.0534. The maximum absolute atomic E-state index is 13.9. The van der Waals surface area contributed by atoms with E-state index in [4.69, 9.17) is 10.5 Å². The van der Waals surface area contributed by atoms with Crippen LogP contribution in [-0.4, -0.2) is 22.8 Å². The second-order valence-corrected chi connectivity index (χ2v) is 8.37. The van der Waals surface area contributed by atoms with E-state index in [-0.39, 0.29) is 24.7 Å². The monoisotopic (exact) mass is 496 g/mol. The van der Waals surface area contributed by atoms with E-state index in [0.29, 0.717) is 33.5 Å². The number of anilines is 2. The third kappa shape index (κ3) is 4.93. The second kappa shape index (κ2) is 10.00. The smallest absolute Gasteiger partial charge is 0.338 e. The highest BCUT2D eigenvalue weighted by Crippen LogP contribution is 2.28. The number of benzene rings is 3. The highest BCUT2D eigenvalue weighted by molar-refractivity contribution is 6.07. The number of halogens is 1. The normalized spacial score (nSPS) is 12.0. The molecule has 1 aromatic heterocycles.